The van der Waals surface area contributed by atoms with Crippen molar-refractivity contribution >= 4 is 0 Å². The highest BCUT2D eigenvalue weighted by Crippen LogP contribution is 2.33. The summed E-state index contributed by atoms with van der Waals surface area (Å²) >= 11 is 0. The Hall–Kier alpha value is -0.860. The molecule has 2 heteroatoms. The molecule has 0 unspecified atom stereocenters. The normalized spacial score (nSPS) is 26.6. The third-order valence-electron chi connectivity index (χ3n) is 4.18. The van der Waals surface area contributed by atoms with Gasteiger partial charge in [0.2, 0.25) is 0 Å². The molecule has 1 fully saturated rings. The average Bonchev–Trinajstić information content (AvgIpc) is 2.47. The fraction of sp³-hybridized carbons (Fsp3) is 0.667. The second-order valence-electron chi connectivity index (χ2n) is 5.99. The van der Waals surface area contributed by atoms with Gasteiger partial charge in [-0.3, -0.25) is 0 Å². The molecule has 2 nitrogen and oxygen atoms in total. The molecule has 0 amide bonds. The van der Waals surface area contributed by atoms with Gasteiger partial charge >= 0.3 is 0 Å². The summed E-state index contributed by atoms with van der Waals surface area (Å²) in [6.07, 6.45) is 9.17. The van der Waals surface area contributed by atoms with Crippen LogP contribution in [0.5, 0.6) is 0 Å². The van der Waals surface area contributed by atoms with Crippen molar-refractivity contribution in [2.24, 2.45) is 0 Å². The quantitative estimate of drug-likeness (QED) is 0.736. The molecule has 2 rings (SSSR count). The third kappa shape index (κ3) is 4.92. The summed E-state index contributed by atoms with van der Waals surface area (Å²) < 4.78 is 6.19. The van der Waals surface area contributed by atoms with Crippen molar-refractivity contribution in [1.82, 2.24) is 0 Å². The molecular weight excluding hydrogens is 248 g/mol. The summed E-state index contributed by atoms with van der Waals surface area (Å²) in [5.74, 6) is 0. The Bertz CT molecular complexity index is 363. The molecule has 1 aliphatic heterocycles. The van der Waals surface area contributed by atoms with Crippen LogP contribution in [0.15, 0.2) is 30.3 Å². The molecule has 1 heterocycles. The van der Waals surface area contributed by atoms with Crippen LogP contribution in [-0.4, -0.2) is 17.3 Å². The van der Waals surface area contributed by atoms with Gasteiger partial charge in [0.05, 0.1) is 18.3 Å². The van der Waals surface area contributed by atoms with Crippen molar-refractivity contribution in [3.05, 3.63) is 35.9 Å². The molecule has 0 radical (unpaired) electrons. The first-order chi connectivity index (χ1) is 9.79. The zero-order valence-electron chi connectivity index (χ0n) is 12.6. The zero-order valence-corrected chi connectivity index (χ0v) is 12.6. The maximum Gasteiger partial charge on any atom is 0.0853 e. The number of ether oxygens (including phenoxy) is 1. The van der Waals surface area contributed by atoms with E-state index in [2.05, 4.69) is 19.1 Å². The molecule has 0 aromatic heterocycles. The van der Waals surface area contributed by atoms with Crippen LogP contribution in [0.25, 0.3) is 0 Å². The molecule has 0 saturated carbocycles. The smallest absolute Gasteiger partial charge is 0.0853 e. The lowest BCUT2D eigenvalue weighted by molar-refractivity contribution is -0.101. The minimum Gasteiger partial charge on any atom is -0.393 e. The number of aliphatic hydroxyl groups excluding tert-OH is 1. The number of rotatable bonds is 7. The second-order valence-corrected chi connectivity index (χ2v) is 5.99. The van der Waals surface area contributed by atoms with Crippen LogP contribution in [0.4, 0.5) is 0 Å². The van der Waals surface area contributed by atoms with Crippen LogP contribution in [-0.2, 0) is 4.74 Å². The zero-order chi connectivity index (χ0) is 14.2. The molecule has 3 atom stereocenters. The predicted octanol–water partition coefficient (Wildman–Crippen LogP) is 4.63. The summed E-state index contributed by atoms with van der Waals surface area (Å²) in [6.45, 7) is 2.24. The van der Waals surface area contributed by atoms with Gasteiger partial charge in [0.15, 0.2) is 0 Å². The number of benzene rings is 1. The average molecular weight is 276 g/mol. The Morgan fingerprint density at radius 2 is 1.80 bits per heavy atom. The van der Waals surface area contributed by atoms with E-state index in [-0.39, 0.29) is 18.3 Å². The van der Waals surface area contributed by atoms with Crippen LogP contribution in [0.2, 0.25) is 0 Å². The summed E-state index contributed by atoms with van der Waals surface area (Å²) in [5, 5.41) is 10.1. The van der Waals surface area contributed by atoms with Gasteiger partial charge in [0, 0.05) is 6.42 Å². The number of hydrogen-bond acceptors (Lipinski definition) is 2. The summed E-state index contributed by atoms with van der Waals surface area (Å²) in [4.78, 5) is 0. The first-order valence-corrected chi connectivity index (χ1v) is 8.18. The number of hydrogen-bond donors (Lipinski definition) is 1. The van der Waals surface area contributed by atoms with E-state index < -0.39 is 0 Å². The van der Waals surface area contributed by atoms with Crippen molar-refractivity contribution in [3.63, 3.8) is 0 Å². The largest absolute Gasteiger partial charge is 0.393 e. The Morgan fingerprint density at radius 1 is 1.05 bits per heavy atom. The monoisotopic (exact) mass is 276 g/mol. The molecule has 1 N–H and O–H groups in total. The van der Waals surface area contributed by atoms with Gasteiger partial charge in [-0.2, -0.15) is 0 Å². The van der Waals surface area contributed by atoms with Gasteiger partial charge in [0.1, 0.15) is 0 Å². The summed E-state index contributed by atoms with van der Waals surface area (Å²) in [7, 11) is 0. The fourth-order valence-corrected chi connectivity index (χ4v) is 3.03. The van der Waals surface area contributed by atoms with Crippen LogP contribution < -0.4 is 0 Å². The van der Waals surface area contributed by atoms with Crippen molar-refractivity contribution in [2.75, 3.05) is 0 Å². The van der Waals surface area contributed by atoms with E-state index in [1.54, 1.807) is 0 Å². The minimum absolute atomic E-state index is 0.0700. The lowest BCUT2D eigenvalue weighted by Crippen LogP contribution is -2.31. The third-order valence-corrected chi connectivity index (χ3v) is 4.18. The first kappa shape index (κ1) is 15.5. The minimum atomic E-state index is -0.213. The standard InChI is InChI=1S/C18H28O2/c1-2-3-4-5-9-12-17-13-16(19)14-18(20-17)15-10-7-6-8-11-15/h6-8,10-11,16-19H,2-5,9,12-14H2,1H3/t16-,17+,18+/m0/s1. The fourth-order valence-electron chi connectivity index (χ4n) is 3.03. The molecule has 1 saturated heterocycles. The molecule has 112 valence electrons. The van der Waals surface area contributed by atoms with Gasteiger partial charge < -0.3 is 9.84 Å². The van der Waals surface area contributed by atoms with Crippen molar-refractivity contribution < 1.29 is 9.84 Å². The van der Waals surface area contributed by atoms with E-state index in [1.165, 1.54) is 37.7 Å². The highest BCUT2D eigenvalue weighted by molar-refractivity contribution is 5.18. The molecule has 0 spiro atoms. The molecule has 1 aromatic carbocycles. The predicted molar refractivity (Wildman–Crippen MR) is 82.7 cm³/mol. The van der Waals surface area contributed by atoms with Crippen LogP contribution in [0.3, 0.4) is 0 Å². The van der Waals surface area contributed by atoms with E-state index in [0.29, 0.717) is 0 Å². The van der Waals surface area contributed by atoms with E-state index in [4.69, 9.17) is 4.74 Å². The van der Waals surface area contributed by atoms with E-state index >= 15 is 0 Å². The highest BCUT2D eigenvalue weighted by Gasteiger charge is 2.28. The Labute approximate surface area is 123 Å². The topological polar surface area (TPSA) is 29.5 Å². The molecule has 20 heavy (non-hydrogen) atoms. The van der Waals surface area contributed by atoms with Gasteiger partial charge in [0.25, 0.3) is 0 Å². The van der Waals surface area contributed by atoms with E-state index in [1.807, 2.05) is 18.2 Å². The van der Waals surface area contributed by atoms with Crippen molar-refractivity contribution in [3.8, 4) is 0 Å². The molecule has 1 aromatic rings. The van der Waals surface area contributed by atoms with Gasteiger partial charge in [-0.25, -0.2) is 0 Å². The molecular formula is C18H28O2. The van der Waals surface area contributed by atoms with Crippen molar-refractivity contribution in [2.45, 2.75) is 76.6 Å². The van der Waals surface area contributed by atoms with Crippen LogP contribution in [0.1, 0.15) is 70.0 Å². The van der Waals surface area contributed by atoms with Gasteiger partial charge in [-0.05, 0) is 18.4 Å². The number of unbranched alkanes of at least 4 members (excludes halogenated alkanes) is 4. The Kier molecular flexibility index (Phi) is 6.55. The van der Waals surface area contributed by atoms with Crippen molar-refractivity contribution in [1.29, 1.82) is 0 Å². The van der Waals surface area contributed by atoms with Gasteiger partial charge in [-0.1, -0.05) is 69.4 Å². The lowest BCUT2D eigenvalue weighted by Gasteiger charge is -2.33. The molecule has 1 aliphatic rings. The van der Waals surface area contributed by atoms with E-state index in [0.717, 1.165) is 19.3 Å². The first-order valence-electron chi connectivity index (χ1n) is 8.18. The van der Waals surface area contributed by atoms with Crippen LogP contribution >= 0.6 is 0 Å². The van der Waals surface area contributed by atoms with Gasteiger partial charge in [-0.15, -0.1) is 0 Å². The maximum absolute atomic E-state index is 10.1. The van der Waals surface area contributed by atoms with E-state index in [9.17, 15) is 5.11 Å². The SMILES string of the molecule is CCCCCCC[C@@H]1C[C@H](O)C[C@H](c2ccccc2)O1. The Morgan fingerprint density at radius 3 is 2.55 bits per heavy atom. The maximum atomic E-state index is 10.1. The lowest BCUT2D eigenvalue weighted by atomic mass is 9.94. The molecule has 0 bridgehead atoms. The summed E-state index contributed by atoms with van der Waals surface area (Å²) in [6, 6.07) is 10.3. The summed E-state index contributed by atoms with van der Waals surface area (Å²) in [5.41, 5.74) is 1.20. The van der Waals surface area contributed by atoms with Crippen LogP contribution in [0, 0.1) is 0 Å². The highest BCUT2D eigenvalue weighted by atomic mass is 16.5. The second kappa shape index (κ2) is 8.43. The Balaban J connectivity index is 1.79. The number of aliphatic hydroxyl groups is 1. The molecule has 0 aliphatic carbocycles.